The lowest BCUT2D eigenvalue weighted by atomic mass is 10.1. The number of rotatable bonds is 4. The Bertz CT molecular complexity index is 1160. The first-order chi connectivity index (χ1) is 13.8. The summed E-state index contributed by atoms with van der Waals surface area (Å²) in [7, 11) is 1.86. The summed E-state index contributed by atoms with van der Waals surface area (Å²) in [6.07, 6.45) is -4.72. The van der Waals surface area contributed by atoms with Crippen molar-refractivity contribution in [1.29, 1.82) is 0 Å². The van der Waals surface area contributed by atoms with Crippen LogP contribution in [0, 0.1) is 6.92 Å². The van der Waals surface area contributed by atoms with Crippen molar-refractivity contribution in [3.05, 3.63) is 66.4 Å². The average molecular weight is 435 g/mol. The van der Waals surface area contributed by atoms with E-state index >= 15 is 0 Å². The molecule has 0 spiro atoms. The van der Waals surface area contributed by atoms with Crippen LogP contribution in [0.3, 0.4) is 0 Å². The maximum atomic E-state index is 12.4. The van der Waals surface area contributed by atoms with Crippen molar-refractivity contribution in [3.63, 3.8) is 0 Å². The second-order valence-electron chi connectivity index (χ2n) is 6.52. The standard InChI is InChI=1S/C21H17F3N4O.ClH/c1-13-19-18(28(2)27-13)12-17(14-6-4-3-5-7-14)26-20(19)25-15-8-10-16(11-9-15)29-21(22,23)24;/h3-12H,1-2H3,(H,25,26);1H. The van der Waals surface area contributed by atoms with Crippen LogP contribution >= 0.6 is 12.4 Å². The van der Waals surface area contributed by atoms with E-state index in [0.717, 1.165) is 27.9 Å². The molecule has 1 N–H and O–H groups in total. The Morgan fingerprint density at radius 1 is 1.00 bits per heavy atom. The van der Waals surface area contributed by atoms with Gasteiger partial charge in [0.25, 0.3) is 0 Å². The van der Waals surface area contributed by atoms with Gasteiger partial charge in [-0.05, 0) is 37.3 Å². The number of hydrogen-bond acceptors (Lipinski definition) is 4. The van der Waals surface area contributed by atoms with Gasteiger partial charge in [0.05, 0.1) is 22.3 Å². The molecule has 4 aromatic rings. The summed E-state index contributed by atoms with van der Waals surface area (Å²) >= 11 is 0. The molecule has 9 heteroatoms. The third-order valence-corrected chi connectivity index (χ3v) is 4.43. The lowest BCUT2D eigenvalue weighted by Gasteiger charge is -2.12. The van der Waals surface area contributed by atoms with Gasteiger partial charge < -0.3 is 10.1 Å². The molecule has 0 saturated heterocycles. The fourth-order valence-corrected chi connectivity index (χ4v) is 3.20. The van der Waals surface area contributed by atoms with Gasteiger partial charge in [0.2, 0.25) is 0 Å². The minimum absolute atomic E-state index is 0. The van der Waals surface area contributed by atoms with Crippen LogP contribution < -0.4 is 10.1 Å². The molecule has 2 heterocycles. The van der Waals surface area contributed by atoms with Gasteiger partial charge in [0, 0.05) is 18.3 Å². The number of alkyl halides is 3. The smallest absolute Gasteiger partial charge is 0.406 e. The van der Waals surface area contributed by atoms with E-state index in [4.69, 9.17) is 4.98 Å². The normalized spacial score (nSPS) is 11.2. The quantitative estimate of drug-likeness (QED) is 0.427. The number of halogens is 4. The number of nitrogens with one attached hydrogen (secondary N) is 1. The van der Waals surface area contributed by atoms with Crippen molar-refractivity contribution in [2.24, 2.45) is 7.05 Å². The van der Waals surface area contributed by atoms with Gasteiger partial charge in [-0.3, -0.25) is 4.68 Å². The summed E-state index contributed by atoms with van der Waals surface area (Å²) in [6.45, 7) is 1.89. The number of nitrogens with zero attached hydrogens (tertiary/aromatic N) is 3. The van der Waals surface area contributed by atoms with Crippen LogP contribution in [-0.4, -0.2) is 21.1 Å². The first-order valence-corrected chi connectivity index (χ1v) is 8.83. The first kappa shape index (κ1) is 21.4. The van der Waals surface area contributed by atoms with Gasteiger partial charge >= 0.3 is 6.36 Å². The second-order valence-corrected chi connectivity index (χ2v) is 6.52. The molecular weight excluding hydrogens is 417 g/mol. The number of aromatic nitrogens is 3. The Balaban J connectivity index is 0.00000256. The number of pyridine rings is 1. The Hall–Kier alpha value is -3.26. The molecule has 0 saturated carbocycles. The lowest BCUT2D eigenvalue weighted by molar-refractivity contribution is -0.274. The zero-order chi connectivity index (χ0) is 20.6. The van der Waals surface area contributed by atoms with Crippen molar-refractivity contribution in [3.8, 4) is 17.0 Å². The van der Waals surface area contributed by atoms with Crippen molar-refractivity contribution < 1.29 is 17.9 Å². The first-order valence-electron chi connectivity index (χ1n) is 8.83. The Morgan fingerprint density at radius 3 is 2.30 bits per heavy atom. The predicted molar refractivity (Wildman–Crippen MR) is 112 cm³/mol. The van der Waals surface area contributed by atoms with Gasteiger partial charge in [-0.2, -0.15) is 5.10 Å². The molecule has 0 radical (unpaired) electrons. The van der Waals surface area contributed by atoms with Crippen LogP contribution in [0.15, 0.2) is 60.7 Å². The van der Waals surface area contributed by atoms with E-state index < -0.39 is 6.36 Å². The number of hydrogen-bond donors (Lipinski definition) is 1. The van der Waals surface area contributed by atoms with Crippen LogP contribution in [0.1, 0.15) is 5.69 Å². The van der Waals surface area contributed by atoms with Gasteiger partial charge in [-0.25, -0.2) is 4.98 Å². The average Bonchev–Trinajstić information content (AvgIpc) is 2.97. The van der Waals surface area contributed by atoms with Gasteiger partial charge in [0.1, 0.15) is 11.6 Å². The monoisotopic (exact) mass is 434 g/mol. The van der Waals surface area contributed by atoms with Crippen LogP contribution in [0.25, 0.3) is 22.2 Å². The summed E-state index contributed by atoms with van der Waals surface area (Å²) in [5, 5.41) is 8.52. The molecule has 0 aliphatic rings. The highest BCUT2D eigenvalue weighted by Gasteiger charge is 2.31. The summed E-state index contributed by atoms with van der Waals surface area (Å²) in [4.78, 5) is 4.75. The van der Waals surface area contributed by atoms with E-state index in [1.165, 1.54) is 24.3 Å². The van der Waals surface area contributed by atoms with E-state index in [9.17, 15) is 13.2 Å². The highest BCUT2D eigenvalue weighted by molar-refractivity contribution is 5.95. The molecule has 30 heavy (non-hydrogen) atoms. The van der Waals surface area contributed by atoms with Crippen molar-refractivity contribution in [1.82, 2.24) is 14.8 Å². The molecule has 0 atom stereocenters. The van der Waals surface area contributed by atoms with E-state index in [-0.39, 0.29) is 18.2 Å². The molecule has 0 bridgehead atoms. The summed E-state index contributed by atoms with van der Waals surface area (Å²) < 4.78 is 42.8. The molecular formula is C21H18ClF3N4O. The topological polar surface area (TPSA) is 52.0 Å². The number of anilines is 2. The predicted octanol–water partition coefficient (Wildman–Crippen LogP) is 6.01. The van der Waals surface area contributed by atoms with E-state index in [0.29, 0.717) is 11.5 Å². The van der Waals surface area contributed by atoms with Crippen LogP contribution in [0.2, 0.25) is 0 Å². The Kier molecular flexibility index (Phi) is 5.89. The molecule has 4 rings (SSSR count). The zero-order valence-electron chi connectivity index (χ0n) is 16.1. The molecule has 0 aliphatic heterocycles. The number of benzene rings is 2. The second kappa shape index (κ2) is 8.23. The van der Waals surface area contributed by atoms with Crippen LogP contribution in [0.5, 0.6) is 5.75 Å². The molecule has 2 aromatic heterocycles. The number of aryl methyl sites for hydroxylation is 2. The van der Waals surface area contributed by atoms with E-state index in [1.54, 1.807) is 4.68 Å². The lowest BCUT2D eigenvalue weighted by Crippen LogP contribution is -2.16. The summed E-state index contributed by atoms with van der Waals surface area (Å²) in [5.74, 6) is 0.299. The molecule has 156 valence electrons. The molecule has 5 nitrogen and oxygen atoms in total. The highest BCUT2D eigenvalue weighted by Crippen LogP contribution is 2.32. The van der Waals surface area contributed by atoms with Crippen molar-refractivity contribution in [2.75, 3.05) is 5.32 Å². The molecule has 0 aliphatic carbocycles. The summed E-state index contributed by atoms with van der Waals surface area (Å²) in [5.41, 5.74) is 4.00. The van der Waals surface area contributed by atoms with E-state index in [2.05, 4.69) is 15.2 Å². The molecule has 0 amide bonds. The van der Waals surface area contributed by atoms with Crippen molar-refractivity contribution >= 4 is 34.8 Å². The fraction of sp³-hybridized carbons (Fsp3) is 0.143. The SMILES string of the molecule is Cc1nn(C)c2cc(-c3ccccc3)nc(Nc3ccc(OC(F)(F)F)cc3)c12.Cl. The minimum atomic E-state index is -4.72. The Labute approximate surface area is 176 Å². The number of fused-ring (bicyclic) bond motifs is 1. The van der Waals surface area contributed by atoms with E-state index in [1.807, 2.05) is 50.4 Å². The molecule has 0 fully saturated rings. The van der Waals surface area contributed by atoms with Crippen LogP contribution in [0.4, 0.5) is 24.7 Å². The molecule has 2 aromatic carbocycles. The van der Waals surface area contributed by atoms with Crippen molar-refractivity contribution in [2.45, 2.75) is 13.3 Å². The van der Waals surface area contributed by atoms with Gasteiger partial charge in [0.15, 0.2) is 0 Å². The number of ether oxygens (including phenoxy) is 1. The minimum Gasteiger partial charge on any atom is -0.406 e. The van der Waals surface area contributed by atoms with Gasteiger partial charge in [-0.1, -0.05) is 30.3 Å². The fourth-order valence-electron chi connectivity index (χ4n) is 3.20. The Morgan fingerprint density at radius 2 is 1.67 bits per heavy atom. The highest BCUT2D eigenvalue weighted by atomic mass is 35.5. The molecule has 0 unspecified atom stereocenters. The maximum absolute atomic E-state index is 12.4. The zero-order valence-corrected chi connectivity index (χ0v) is 16.9. The van der Waals surface area contributed by atoms with Crippen LogP contribution in [-0.2, 0) is 7.05 Å². The van der Waals surface area contributed by atoms with Gasteiger partial charge in [-0.15, -0.1) is 25.6 Å². The third kappa shape index (κ3) is 4.49. The maximum Gasteiger partial charge on any atom is 0.573 e. The largest absolute Gasteiger partial charge is 0.573 e. The summed E-state index contributed by atoms with van der Waals surface area (Å²) in [6, 6.07) is 17.2. The third-order valence-electron chi connectivity index (χ3n) is 4.43.